The minimum absolute atomic E-state index is 0.00570. The van der Waals surface area contributed by atoms with Gasteiger partial charge in [-0.2, -0.15) is 12.6 Å². The van der Waals surface area contributed by atoms with Crippen molar-refractivity contribution >= 4 is 36.3 Å². The Labute approximate surface area is 180 Å². The van der Waals surface area contributed by atoms with Crippen molar-refractivity contribution < 1.29 is 24.3 Å². The number of hydrogen-bond acceptors (Lipinski definition) is 7. The predicted octanol–water partition coefficient (Wildman–Crippen LogP) is -1.19. The van der Waals surface area contributed by atoms with E-state index in [1.807, 2.05) is 6.92 Å². The summed E-state index contributed by atoms with van der Waals surface area (Å²) in [6.45, 7) is 5.14. The molecule has 5 unspecified atom stereocenters. The topological polar surface area (TPSA) is 179 Å². The summed E-state index contributed by atoms with van der Waals surface area (Å²) in [5.74, 6) is -3.29. The van der Waals surface area contributed by atoms with Crippen molar-refractivity contribution in [3.05, 3.63) is 18.2 Å². The Morgan fingerprint density at radius 1 is 1.13 bits per heavy atom. The first kappa shape index (κ1) is 25.4. The maximum Gasteiger partial charge on any atom is 0.326 e. The monoisotopic (exact) mass is 442 g/mol. The number of carboxylic acids is 1. The Kier molecular flexibility index (Phi) is 10.3. The van der Waals surface area contributed by atoms with E-state index in [0.29, 0.717) is 12.1 Å². The molecule has 12 heteroatoms. The van der Waals surface area contributed by atoms with Gasteiger partial charge in [-0.25, -0.2) is 9.78 Å². The molecule has 3 amide bonds. The van der Waals surface area contributed by atoms with Crippen molar-refractivity contribution in [3.63, 3.8) is 0 Å². The van der Waals surface area contributed by atoms with Crippen LogP contribution in [0, 0.1) is 5.92 Å². The summed E-state index contributed by atoms with van der Waals surface area (Å²) in [6, 6.07) is -4.01. The molecule has 0 aromatic carbocycles. The van der Waals surface area contributed by atoms with Crippen LogP contribution in [-0.2, 0) is 25.6 Å². The van der Waals surface area contributed by atoms with E-state index in [4.69, 9.17) is 5.73 Å². The van der Waals surface area contributed by atoms with Crippen LogP contribution in [0.2, 0.25) is 0 Å². The average molecular weight is 443 g/mol. The van der Waals surface area contributed by atoms with Crippen LogP contribution in [0.1, 0.15) is 32.9 Å². The van der Waals surface area contributed by atoms with Crippen molar-refractivity contribution in [1.29, 1.82) is 0 Å². The number of nitrogens with two attached hydrogens (primary N) is 1. The summed E-state index contributed by atoms with van der Waals surface area (Å²) in [5, 5.41) is 16.9. The largest absolute Gasteiger partial charge is 0.480 e. The number of carbonyl (C=O) groups is 4. The van der Waals surface area contributed by atoms with Gasteiger partial charge < -0.3 is 31.8 Å². The van der Waals surface area contributed by atoms with Gasteiger partial charge >= 0.3 is 5.97 Å². The van der Waals surface area contributed by atoms with Gasteiger partial charge in [-0.05, 0) is 12.8 Å². The number of aromatic nitrogens is 2. The highest BCUT2D eigenvalue weighted by molar-refractivity contribution is 7.80. The third-order valence-electron chi connectivity index (χ3n) is 4.62. The predicted molar refractivity (Wildman–Crippen MR) is 113 cm³/mol. The van der Waals surface area contributed by atoms with Gasteiger partial charge in [0.05, 0.1) is 12.4 Å². The van der Waals surface area contributed by atoms with E-state index in [1.54, 1.807) is 6.92 Å². The first-order chi connectivity index (χ1) is 14.1. The molecule has 1 aromatic rings. The molecule has 0 aliphatic rings. The summed E-state index contributed by atoms with van der Waals surface area (Å²) in [6.07, 6.45) is 3.45. The number of nitrogens with zero attached hydrogens (tertiary/aromatic N) is 1. The minimum atomic E-state index is -1.23. The second-order valence-corrected chi connectivity index (χ2v) is 7.45. The molecule has 0 bridgehead atoms. The molecule has 0 spiro atoms. The number of rotatable bonds is 12. The Morgan fingerprint density at radius 2 is 1.77 bits per heavy atom. The summed E-state index contributed by atoms with van der Waals surface area (Å²) in [4.78, 5) is 55.4. The zero-order chi connectivity index (χ0) is 22.8. The summed E-state index contributed by atoms with van der Waals surface area (Å²) in [7, 11) is 0. The van der Waals surface area contributed by atoms with Crippen molar-refractivity contribution in [1.82, 2.24) is 25.9 Å². The number of carbonyl (C=O) groups excluding carboxylic acids is 3. The van der Waals surface area contributed by atoms with E-state index in [9.17, 15) is 24.3 Å². The molecule has 11 nitrogen and oxygen atoms in total. The summed E-state index contributed by atoms with van der Waals surface area (Å²) >= 11 is 4.09. The number of hydrogen-bond donors (Lipinski definition) is 7. The maximum atomic E-state index is 12.7. The maximum absolute atomic E-state index is 12.7. The highest BCUT2D eigenvalue weighted by Gasteiger charge is 2.31. The third-order valence-corrected chi connectivity index (χ3v) is 4.98. The van der Waals surface area contributed by atoms with Crippen LogP contribution in [0.3, 0.4) is 0 Å². The van der Waals surface area contributed by atoms with Crippen LogP contribution < -0.4 is 21.7 Å². The Morgan fingerprint density at radius 3 is 2.23 bits per heavy atom. The molecule has 0 aliphatic heterocycles. The fourth-order valence-corrected chi connectivity index (χ4v) is 2.79. The number of carboxylic acid groups (broad SMARTS) is 1. The SMILES string of the molecule is CCC(C)C(NC(=O)C(C)N)C(=O)NC(CS)C(=O)NC(Cc1cnc[nH]1)C(=O)O. The molecule has 168 valence electrons. The molecule has 0 saturated carbocycles. The summed E-state index contributed by atoms with van der Waals surface area (Å²) < 4.78 is 0. The van der Waals surface area contributed by atoms with Gasteiger partial charge in [-0.3, -0.25) is 14.4 Å². The smallest absolute Gasteiger partial charge is 0.326 e. The number of H-pyrrole nitrogens is 1. The lowest BCUT2D eigenvalue weighted by Crippen LogP contribution is -2.59. The van der Waals surface area contributed by atoms with Crippen LogP contribution in [-0.4, -0.2) is 68.7 Å². The van der Waals surface area contributed by atoms with E-state index in [2.05, 4.69) is 38.5 Å². The van der Waals surface area contributed by atoms with Crippen molar-refractivity contribution in [2.45, 2.75) is 57.8 Å². The molecule has 1 rings (SSSR count). The molecule has 30 heavy (non-hydrogen) atoms. The van der Waals surface area contributed by atoms with Crippen LogP contribution in [0.25, 0.3) is 0 Å². The van der Waals surface area contributed by atoms with E-state index in [1.165, 1.54) is 19.4 Å². The number of nitrogens with one attached hydrogen (secondary N) is 4. The first-order valence-corrected chi connectivity index (χ1v) is 10.2. The van der Waals surface area contributed by atoms with Crippen molar-refractivity contribution in [3.8, 4) is 0 Å². The Balaban J connectivity index is 2.84. The van der Waals surface area contributed by atoms with E-state index < -0.39 is 47.9 Å². The second kappa shape index (κ2) is 12.2. The quantitative estimate of drug-likeness (QED) is 0.199. The van der Waals surface area contributed by atoms with Gasteiger partial charge in [-0.1, -0.05) is 20.3 Å². The number of aliphatic carboxylic acids is 1. The number of aromatic amines is 1. The Hall–Kier alpha value is -2.60. The molecule has 7 N–H and O–H groups in total. The highest BCUT2D eigenvalue weighted by atomic mass is 32.1. The van der Waals surface area contributed by atoms with E-state index in [0.717, 1.165) is 0 Å². The van der Waals surface area contributed by atoms with Gasteiger partial charge in [0.1, 0.15) is 18.1 Å². The van der Waals surface area contributed by atoms with Crippen LogP contribution in [0.4, 0.5) is 0 Å². The fourth-order valence-electron chi connectivity index (χ4n) is 2.53. The lowest BCUT2D eigenvalue weighted by atomic mass is 9.97. The van der Waals surface area contributed by atoms with Gasteiger partial charge in [0.25, 0.3) is 0 Å². The molecule has 0 aliphatic carbocycles. The average Bonchev–Trinajstić information content (AvgIpc) is 3.21. The molecule has 0 saturated heterocycles. The van der Waals surface area contributed by atoms with Crippen molar-refractivity contribution in [2.75, 3.05) is 5.75 Å². The fraction of sp³-hybridized carbons (Fsp3) is 0.611. The van der Waals surface area contributed by atoms with Gasteiger partial charge in [0.2, 0.25) is 17.7 Å². The van der Waals surface area contributed by atoms with Crippen LogP contribution in [0.5, 0.6) is 0 Å². The molecule has 0 radical (unpaired) electrons. The molecule has 1 aromatic heterocycles. The van der Waals surface area contributed by atoms with Gasteiger partial charge in [0.15, 0.2) is 0 Å². The second-order valence-electron chi connectivity index (χ2n) is 7.08. The third kappa shape index (κ3) is 7.67. The lowest BCUT2D eigenvalue weighted by Gasteiger charge is -2.27. The number of amides is 3. The highest BCUT2D eigenvalue weighted by Crippen LogP contribution is 2.09. The zero-order valence-corrected chi connectivity index (χ0v) is 18.1. The molecular formula is C18H30N6O5S. The molecule has 0 fully saturated rings. The molecular weight excluding hydrogens is 412 g/mol. The Bertz CT molecular complexity index is 727. The van der Waals surface area contributed by atoms with Crippen molar-refractivity contribution in [2.24, 2.45) is 11.7 Å². The zero-order valence-electron chi connectivity index (χ0n) is 17.2. The standard InChI is InChI=1S/C18H30N6O5S/c1-4-9(2)14(24-15(25)10(3)19)17(27)23-13(7-30)16(26)22-12(18(28)29)5-11-6-20-8-21-11/h6,8-10,12-14,30H,4-5,7,19H2,1-3H3,(H,20,21)(H,22,26)(H,23,27)(H,24,25)(H,28,29). The molecule has 5 atom stereocenters. The normalized spacial score (nSPS) is 15.9. The van der Waals surface area contributed by atoms with Gasteiger partial charge in [0, 0.05) is 24.1 Å². The van der Waals surface area contributed by atoms with Gasteiger partial charge in [-0.15, -0.1) is 0 Å². The van der Waals surface area contributed by atoms with Crippen LogP contribution in [0.15, 0.2) is 12.5 Å². The summed E-state index contributed by atoms with van der Waals surface area (Å²) in [5.41, 5.74) is 6.09. The number of imidazole rings is 1. The number of thiol groups is 1. The van der Waals surface area contributed by atoms with Crippen LogP contribution >= 0.6 is 12.6 Å². The van der Waals surface area contributed by atoms with E-state index in [-0.39, 0.29) is 18.1 Å². The lowest BCUT2D eigenvalue weighted by molar-refractivity contribution is -0.142. The first-order valence-electron chi connectivity index (χ1n) is 9.58. The minimum Gasteiger partial charge on any atom is -0.480 e. The molecule has 1 heterocycles. The van der Waals surface area contributed by atoms with E-state index >= 15 is 0 Å².